The molecule has 14 heteroatoms. The molecular formula is C35H36N6O8. The number of hydrogen-bond acceptors (Lipinski definition) is 12. The third kappa shape index (κ3) is 6.62. The van der Waals surface area contributed by atoms with E-state index in [0.29, 0.717) is 11.5 Å². The first-order chi connectivity index (χ1) is 23.9. The van der Waals surface area contributed by atoms with Gasteiger partial charge in [0.25, 0.3) is 0 Å². The van der Waals surface area contributed by atoms with Crippen LogP contribution in [0.15, 0.2) is 104 Å². The zero-order valence-corrected chi connectivity index (χ0v) is 26.8. The Kier molecular flexibility index (Phi) is 10.0. The molecule has 1 aliphatic rings. The minimum Gasteiger partial charge on any atom is -0.497 e. The molecule has 3 heterocycles. The van der Waals surface area contributed by atoms with Gasteiger partial charge < -0.3 is 33.9 Å². The molecule has 5 aromatic rings. The van der Waals surface area contributed by atoms with Crippen LogP contribution in [0.25, 0.3) is 11.2 Å². The Morgan fingerprint density at radius 3 is 2.16 bits per heavy atom. The molecule has 0 bridgehead atoms. The third-order valence-electron chi connectivity index (χ3n) is 8.22. The van der Waals surface area contributed by atoms with Crippen LogP contribution >= 0.6 is 0 Å². The zero-order valence-electron chi connectivity index (χ0n) is 26.8. The number of anilines is 1. The van der Waals surface area contributed by atoms with Crippen LogP contribution < -0.4 is 20.3 Å². The quantitative estimate of drug-likeness (QED) is 0.0816. The Bertz CT molecular complexity index is 1820. The van der Waals surface area contributed by atoms with Crippen LogP contribution in [0, 0.1) is 0 Å². The fraction of sp³-hybridized carbons (Fsp3) is 0.257. The van der Waals surface area contributed by atoms with Crippen LogP contribution in [0.2, 0.25) is 0 Å². The van der Waals surface area contributed by atoms with Gasteiger partial charge in [0.05, 0.1) is 27.2 Å². The van der Waals surface area contributed by atoms with E-state index in [9.17, 15) is 15.0 Å². The standard InChI is InChI=1S/C35H36N6O8/c1-4-18-47-34(44)40-39-31-28-32(37-20-36-31)41(21-38-28)33-30(43)29(42)27(49-33)19-48-35(22-8-6-5-7-9-22,23-10-14-25(45-2)15-11-23)24-12-16-26(46-3)17-13-24/h4-17,20-21,27,29-30,33,42-43H,1,18-19H2,2-3H3,(H,40,44)(H,36,37,39)/t27-,29-,30-,33-/m1/s1. The molecular weight excluding hydrogens is 632 g/mol. The lowest BCUT2D eigenvalue weighted by Crippen LogP contribution is -2.39. The van der Waals surface area contributed by atoms with Crippen molar-refractivity contribution in [1.82, 2.24) is 24.9 Å². The highest BCUT2D eigenvalue weighted by Crippen LogP contribution is 2.43. The summed E-state index contributed by atoms with van der Waals surface area (Å²) < 4.78 is 30.4. The minimum atomic E-state index is -1.36. The van der Waals surface area contributed by atoms with Gasteiger partial charge in [-0.25, -0.2) is 25.2 Å². The molecule has 4 N–H and O–H groups in total. The smallest absolute Gasteiger partial charge is 0.426 e. The Morgan fingerprint density at radius 1 is 0.918 bits per heavy atom. The molecule has 1 amide bonds. The maximum atomic E-state index is 11.9. The molecule has 0 radical (unpaired) electrons. The highest BCUT2D eigenvalue weighted by atomic mass is 16.6. The van der Waals surface area contributed by atoms with E-state index in [-0.39, 0.29) is 30.2 Å². The van der Waals surface area contributed by atoms with Gasteiger partial charge in [0, 0.05) is 0 Å². The van der Waals surface area contributed by atoms with Crippen molar-refractivity contribution in [2.45, 2.75) is 30.1 Å². The Hall–Kier alpha value is -5.54. The zero-order chi connectivity index (χ0) is 34.4. The molecule has 3 aromatic carbocycles. The molecule has 1 fully saturated rings. The van der Waals surface area contributed by atoms with Gasteiger partial charge in [-0.3, -0.25) is 9.99 Å². The molecule has 49 heavy (non-hydrogen) atoms. The highest BCUT2D eigenvalue weighted by molar-refractivity contribution is 5.83. The number of hydrazine groups is 1. The van der Waals surface area contributed by atoms with Crippen molar-refractivity contribution >= 4 is 23.1 Å². The summed E-state index contributed by atoms with van der Waals surface area (Å²) in [6.45, 7) is 3.41. The van der Waals surface area contributed by atoms with Crippen LogP contribution in [0.4, 0.5) is 10.6 Å². The fourth-order valence-electron chi connectivity index (χ4n) is 5.79. The number of aliphatic hydroxyl groups is 2. The number of aromatic nitrogens is 4. The average Bonchev–Trinajstić information content (AvgIpc) is 3.71. The first kappa shape index (κ1) is 33.4. The number of ether oxygens (including phenoxy) is 5. The lowest BCUT2D eigenvalue weighted by atomic mass is 9.80. The van der Waals surface area contributed by atoms with Crippen LogP contribution in [-0.2, 0) is 19.8 Å². The van der Waals surface area contributed by atoms with E-state index in [0.717, 1.165) is 16.7 Å². The lowest BCUT2D eigenvalue weighted by molar-refractivity contribution is -0.0942. The molecule has 254 valence electrons. The van der Waals surface area contributed by atoms with E-state index in [4.69, 9.17) is 23.7 Å². The SMILES string of the molecule is C=CCOC(=O)NNc1ncnc2c1ncn2[C@@H]1O[C@H](COC(c2ccccc2)(c2ccc(OC)cc2)c2ccc(OC)cc2)[C@@H](O)[C@H]1O. The Balaban J connectivity index is 1.30. The molecule has 6 rings (SSSR count). The summed E-state index contributed by atoms with van der Waals surface area (Å²) in [6.07, 6.45) is -1.37. The first-order valence-corrected chi connectivity index (χ1v) is 15.4. The van der Waals surface area contributed by atoms with Crippen LogP contribution in [0.1, 0.15) is 22.9 Å². The molecule has 14 nitrogen and oxygen atoms in total. The number of carbonyl (C=O) groups excluding carboxylic acids is 1. The molecule has 0 saturated carbocycles. The normalized spacial score (nSPS) is 18.9. The van der Waals surface area contributed by atoms with Gasteiger partial charge in [0.1, 0.15) is 48.3 Å². The molecule has 0 spiro atoms. The maximum absolute atomic E-state index is 11.9. The van der Waals surface area contributed by atoms with Gasteiger partial charge in [-0.1, -0.05) is 67.3 Å². The molecule has 2 aromatic heterocycles. The summed E-state index contributed by atoms with van der Waals surface area (Å²) in [7, 11) is 3.20. The van der Waals surface area contributed by atoms with E-state index in [1.54, 1.807) is 14.2 Å². The Labute approximate surface area is 281 Å². The summed E-state index contributed by atoms with van der Waals surface area (Å²) in [4.78, 5) is 24.7. The highest BCUT2D eigenvalue weighted by Gasteiger charge is 2.47. The molecule has 1 aliphatic heterocycles. The van der Waals surface area contributed by atoms with Crippen molar-refractivity contribution in [2.75, 3.05) is 32.9 Å². The van der Waals surface area contributed by atoms with Crippen LogP contribution in [0.5, 0.6) is 11.5 Å². The van der Waals surface area contributed by atoms with E-state index < -0.39 is 36.2 Å². The van der Waals surface area contributed by atoms with Crippen molar-refractivity contribution in [2.24, 2.45) is 0 Å². The minimum absolute atomic E-state index is 0.0259. The fourth-order valence-corrected chi connectivity index (χ4v) is 5.79. The summed E-state index contributed by atoms with van der Waals surface area (Å²) in [5, 5.41) is 22.5. The second kappa shape index (κ2) is 14.7. The molecule has 0 aliphatic carbocycles. The number of nitrogens with one attached hydrogen (secondary N) is 2. The number of imidazole rings is 1. The molecule has 0 unspecified atom stereocenters. The van der Waals surface area contributed by atoms with Crippen molar-refractivity contribution < 1.29 is 38.7 Å². The number of nitrogens with zero attached hydrogens (tertiary/aromatic N) is 4. The molecule has 4 atom stereocenters. The topological polar surface area (TPSA) is 171 Å². The number of carbonyl (C=O) groups is 1. The van der Waals surface area contributed by atoms with Crippen molar-refractivity contribution in [3.8, 4) is 11.5 Å². The van der Waals surface area contributed by atoms with E-state index in [1.807, 2.05) is 78.9 Å². The summed E-state index contributed by atoms with van der Waals surface area (Å²) in [5.74, 6) is 1.54. The number of hydrogen-bond donors (Lipinski definition) is 4. The summed E-state index contributed by atoms with van der Waals surface area (Å²) in [6, 6.07) is 24.8. The number of rotatable bonds is 13. The van der Waals surface area contributed by atoms with E-state index >= 15 is 0 Å². The van der Waals surface area contributed by atoms with Gasteiger partial charge in [0.2, 0.25) is 0 Å². The second-order valence-corrected chi connectivity index (χ2v) is 11.0. The number of methoxy groups -OCH3 is 2. The van der Waals surface area contributed by atoms with Crippen molar-refractivity contribution in [3.63, 3.8) is 0 Å². The number of benzene rings is 3. The lowest BCUT2D eigenvalue weighted by Gasteiger charge is -2.37. The largest absolute Gasteiger partial charge is 0.497 e. The Morgan fingerprint density at radius 2 is 1.55 bits per heavy atom. The number of fused-ring (bicyclic) bond motifs is 1. The predicted molar refractivity (Wildman–Crippen MR) is 178 cm³/mol. The molecule has 1 saturated heterocycles. The monoisotopic (exact) mass is 668 g/mol. The third-order valence-corrected chi connectivity index (χ3v) is 8.22. The maximum Gasteiger partial charge on any atom is 0.426 e. The van der Waals surface area contributed by atoms with Crippen molar-refractivity contribution in [3.05, 3.63) is 121 Å². The van der Waals surface area contributed by atoms with Gasteiger partial charge in [0.15, 0.2) is 23.2 Å². The van der Waals surface area contributed by atoms with Gasteiger partial charge in [-0.05, 0) is 41.0 Å². The van der Waals surface area contributed by atoms with Crippen molar-refractivity contribution in [1.29, 1.82) is 0 Å². The first-order valence-electron chi connectivity index (χ1n) is 15.4. The van der Waals surface area contributed by atoms with Gasteiger partial charge in [-0.2, -0.15) is 0 Å². The average molecular weight is 669 g/mol. The second-order valence-electron chi connectivity index (χ2n) is 11.0. The summed E-state index contributed by atoms with van der Waals surface area (Å²) in [5.41, 5.74) is 6.84. The number of aliphatic hydroxyl groups excluding tert-OH is 2. The van der Waals surface area contributed by atoms with Gasteiger partial charge in [-0.15, -0.1) is 0 Å². The van der Waals surface area contributed by atoms with E-state index in [1.165, 1.54) is 23.3 Å². The van der Waals surface area contributed by atoms with Crippen LogP contribution in [-0.4, -0.2) is 81.6 Å². The van der Waals surface area contributed by atoms with Gasteiger partial charge >= 0.3 is 6.09 Å². The van der Waals surface area contributed by atoms with Crippen LogP contribution in [0.3, 0.4) is 0 Å². The predicted octanol–water partition coefficient (Wildman–Crippen LogP) is 3.71. The van der Waals surface area contributed by atoms with E-state index in [2.05, 4.69) is 32.4 Å². The number of amides is 1. The summed E-state index contributed by atoms with van der Waals surface area (Å²) >= 11 is 0.